The van der Waals surface area contributed by atoms with Crippen molar-refractivity contribution < 1.29 is 19.0 Å². The summed E-state index contributed by atoms with van der Waals surface area (Å²) in [6.07, 6.45) is -0.471. The predicted octanol–water partition coefficient (Wildman–Crippen LogP) is 9.61. The topological polar surface area (TPSA) is 99.5 Å². The van der Waals surface area contributed by atoms with Crippen molar-refractivity contribution in [3.8, 4) is 0 Å². The van der Waals surface area contributed by atoms with Gasteiger partial charge in [-0.05, 0) is 76.4 Å². The van der Waals surface area contributed by atoms with E-state index in [-0.39, 0.29) is 0 Å². The van der Waals surface area contributed by atoms with E-state index >= 15 is 0 Å². The fourth-order valence-corrected chi connectivity index (χ4v) is 7.00. The largest absolute Gasteiger partial charge is 0.444 e. The van der Waals surface area contributed by atoms with Crippen LogP contribution in [0.4, 0.5) is 10.6 Å². The normalized spacial score (nSPS) is 12.3. The number of imidazole rings is 1. The first kappa shape index (κ1) is 38.0. The quantitative estimate of drug-likeness (QED) is 0.0840. The molecule has 1 amide bonds. The minimum Gasteiger partial charge on any atom is -0.444 e. The van der Waals surface area contributed by atoms with Gasteiger partial charge in [-0.25, -0.2) is 14.8 Å². The van der Waals surface area contributed by atoms with Gasteiger partial charge in [-0.1, -0.05) is 107 Å². The number of benzene rings is 4. The summed E-state index contributed by atoms with van der Waals surface area (Å²) in [7, 11) is 0. The molecule has 6 aromatic rings. The molecule has 0 saturated heterocycles. The van der Waals surface area contributed by atoms with Gasteiger partial charge in [0.25, 0.3) is 0 Å². The smallest absolute Gasteiger partial charge is 0.407 e. The summed E-state index contributed by atoms with van der Waals surface area (Å²) < 4.78 is 20.9. The lowest BCUT2D eigenvalue weighted by Gasteiger charge is -2.37. The lowest BCUT2D eigenvalue weighted by atomic mass is 9.77. The number of alkyl carbamates (subject to hydrolysis) is 1. The monoisotopic (exact) mass is 777 g/mol. The maximum Gasteiger partial charge on any atom is 0.407 e. The number of fused-ring (bicyclic) bond motifs is 3. The summed E-state index contributed by atoms with van der Waals surface area (Å²) in [4.78, 5) is 22.9. The fourth-order valence-electron chi connectivity index (χ4n) is 6.65. The van der Waals surface area contributed by atoms with Crippen LogP contribution in [0.3, 0.4) is 0 Å². The van der Waals surface area contributed by atoms with E-state index in [2.05, 4.69) is 110 Å². The molecule has 276 valence electrons. The van der Waals surface area contributed by atoms with Gasteiger partial charge in [0.1, 0.15) is 29.1 Å². The molecule has 0 unspecified atom stereocenters. The molecule has 0 aliphatic heterocycles. The third kappa shape index (κ3) is 8.73. The number of pyridine rings is 1. The Morgan fingerprint density at radius 1 is 0.811 bits per heavy atom. The molecule has 0 saturated carbocycles. The number of carbonyl (C=O) groups excluding carboxylic acids is 1. The number of anilines is 1. The van der Waals surface area contributed by atoms with Crippen LogP contribution >= 0.6 is 15.9 Å². The van der Waals surface area contributed by atoms with Gasteiger partial charge < -0.3 is 29.4 Å². The van der Waals surface area contributed by atoms with Crippen LogP contribution in [0.15, 0.2) is 114 Å². The minimum absolute atomic E-state index is 0.301. The fraction of sp³-hybridized carbons (Fsp3) is 0.326. The minimum atomic E-state index is -0.823. The van der Waals surface area contributed by atoms with Crippen LogP contribution in [-0.2, 0) is 32.9 Å². The molecule has 0 radical (unpaired) electrons. The highest BCUT2D eigenvalue weighted by molar-refractivity contribution is 9.10. The van der Waals surface area contributed by atoms with Gasteiger partial charge in [-0.2, -0.15) is 0 Å². The molecule has 2 aromatic heterocycles. The Morgan fingerprint density at radius 3 is 1.94 bits per heavy atom. The van der Waals surface area contributed by atoms with Crippen LogP contribution in [0.1, 0.15) is 64.1 Å². The number of amides is 1. The van der Waals surface area contributed by atoms with Crippen molar-refractivity contribution in [3.05, 3.63) is 136 Å². The van der Waals surface area contributed by atoms with Crippen LogP contribution in [-0.4, -0.2) is 51.6 Å². The molecule has 6 rings (SSSR count). The number of rotatable bonds is 14. The summed E-state index contributed by atoms with van der Waals surface area (Å²) in [6.45, 7) is 13.5. The Hall–Kier alpha value is -4.77. The second-order valence-corrected chi connectivity index (χ2v) is 15.5. The van der Waals surface area contributed by atoms with Crippen molar-refractivity contribution in [3.63, 3.8) is 0 Å². The van der Waals surface area contributed by atoms with Gasteiger partial charge in [0.05, 0.1) is 29.8 Å². The number of nitrogens with one attached hydrogen (secondary N) is 2. The van der Waals surface area contributed by atoms with Crippen molar-refractivity contribution in [2.24, 2.45) is 0 Å². The van der Waals surface area contributed by atoms with Gasteiger partial charge in [0.15, 0.2) is 5.82 Å². The van der Waals surface area contributed by atoms with Gasteiger partial charge in [0, 0.05) is 23.0 Å². The lowest BCUT2D eigenvalue weighted by molar-refractivity contribution is -0.0291. The Labute approximate surface area is 320 Å². The first-order chi connectivity index (χ1) is 25.4. The molecule has 0 fully saturated rings. The van der Waals surface area contributed by atoms with E-state index < -0.39 is 22.8 Å². The van der Waals surface area contributed by atoms with E-state index in [1.54, 1.807) is 0 Å². The summed E-state index contributed by atoms with van der Waals surface area (Å²) in [5, 5.41) is 7.74. The van der Waals surface area contributed by atoms with Crippen molar-refractivity contribution in [1.82, 2.24) is 19.9 Å². The van der Waals surface area contributed by atoms with Crippen LogP contribution in [0.2, 0.25) is 0 Å². The Bertz CT molecular complexity index is 2050. The lowest BCUT2D eigenvalue weighted by Crippen LogP contribution is -2.38. The SMILES string of the molecule is CCOCc1nc2c(NC(c3ccccc3)(c3ccccc3)c3ccccc3)nc3cc(Br)ccc3c2n1CC(C)(C)OCCNC(=O)OC(C)(C)C. The Balaban J connectivity index is 1.49. The van der Waals surface area contributed by atoms with Gasteiger partial charge in [-0.15, -0.1) is 0 Å². The van der Waals surface area contributed by atoms with Gasteiger partial charge in [-0.3, -0.25) is 0 Å². The van der Waals surface area contributed by atoms with Crippen LogP contribution in [0, 0.1) is 0 Å². The molecule has 0 atom stereocenters. The summed E-state index contributed by atoms with van der Waals surface area (Å²) >= 11 is 3.70. The Morgan fingerprint density at radius 2 is 1.40 bits per heavy atom. The molecule has 53 heavy (non-hydrogen) atoms. The average molecular weight is 779 g/mol. The summed E-state index contributed by atoms with van der Waals surface area (Å²) in [6, 6.07) is 37.6. The number of nitrogens with zero attached hydrogens (tertiary/aromatic N) is 3. The predicted molar refractivity (Wildman–Crippen MR) is 215 cm³/mol. The number of aromatic nitrogens is 3. The molecule has 2 N–H and O–H groups in total. The van der Waals surface area contributed by atoms with Crippen LogP contribution in [0.25, 0.3) is 21.9 Å². The molecule has 10 heteroatoms. The van der Waals surface area contributed by atoms with Crippen molar-refractivity contribution in [1.29, 1.82) is 0 Å². The van der Waals surface area contributed by atoms with Crippen LogP contribution < -0.4 is 10.6 Å². The molecule has 9 nitrogen and oxygen atoms in total. The van der Waals surface area contributed by atoms with Crippen molar-refractivity contribution in [2.75, 3.05) is 25.1 Å². The first-order valence-corrected chi connectivity index (χ1v) is 18.8. The van der Waals surface area contributed by atoms with Gasteiger partial charge in [0.2, 0.25) is 0 Å². The van der Waals surface area contributed by atoms with Crippen molar-refractivity contribution in [2.45, 2.75) is 71.4 Å². The highest BCUT2D eigenvalue weighted by atomic mass is 79.9. The van der Waals surface area contributed by atoms with E-state index in [1.165, 1.54) is 0 Å². The average Bonchev–Trinajstić information content (AvgIpc) is 3.49. The second kappa shape index (κ2) is 16.1. The van der Waals surface area contributed by atoms with E-state index in [0.29, 0.717) is 38.7 Å². The molecule has 0 aliphatic carbocycles. The van der Waals surface area contributed by atoms with E-state index in [9.17, 15) is 4.79 Å². The molecule has 0 bridgehead atoms. The highest BCUT2D eigenvalue weighted by Gasteiger charge is 2.38. The maximum absolute atomic E-state index is 12.3. The highest BCUT2D eigenvalue weighted by Crippen LogP contribution is 2.42. The molecule has 0 aliphatic rings. The number of carbonyl (C=O) groups is 1. The standard InChI is InChI=1S/C43H48BrN5O4/c1-7-51-28-36-47-37-38(49(36)29-42(5,6)52-26-25-45-40(50)53-41(2,3)4)34-24-23-33(44)27-35(34)46-39(37)48-43(30-17-11-8-12-18-30,31-19-13-9-14-20-31)32-21-15-10-16-22-32/h8-24,27H,7,25-26,28-29H2,1-6H3,(H,45,50)(H,46,48). The molecule has 4 aromatic carbocycles. The third-order valence-corrected chi connectivity index (χ3v) is 9.37. The number of ether oxygens (including phenoxy) is 3. The summed E-state index contributed by atoms with van der Waals surface area (Å²) in [5.41, 5.74) is 3.59. The van der Waals surface area contributed by atoms with Gasteiger partial charge >= 0.3 is 6.09 Å². The zero-order valence-corrected chi connectivity index (χ0v) is 32.9. The molecule has 2 heterocycles. The number of halogens is 1. The zero-order valence-electron chi connectivity index (χ0n) is 31.3. The third-order valence-electron chi connectivity index (χ3n) is 8.88. The van der Waals surface area contributed by atoms with Crippen LogP contribution in [0.5, 0.6) is 0 Å². The van der Waals surface area contributed by atoms with E-state index in [4.69, 9.17) is 24.2 Å². The zero-order chi connectivity index (χ0) is 37.6. The first-order valence-electron chi connectivity index (χ1n) is 18.0. The molecular weight excluding hydrogens is 730 g/mol. The van der Waals surface area contributed by atoms with E-state index in [1.807, 2.05) is 71.9 Å². The summed E-state index contributed by atoms with van der Waals surface area (Å²) in [5.74, 6) is 1.40. The molecular formula is C43H48BrN5O4. The maximum atomic E-state index is 12.3. The Kier molecular flexibility index (Phi) is 11.5. The van der Waals surface area contributed by atoms with Crippen molar-refractivity contribution >= 4 is 49.8 Å². The number of hydrogen-bond acceptors (Lipinski definition) is 7. The molecule has 0 spiro atoms. The van der Waals surface area contributed by atoms with E-state index in [0.717, 1.165) is 48.9 Å². The second-order valence-electron chi connectivity index (χ2n) is 14.6. The number of hydrogen-bond donors (Lipinski definition) is 2.